The average Bonchev–Trinajstić information content (AvgIpc) is 2.72. The molecule has 0 bridgehead atoms. The maximum atomic E-state index is 12.7. The molecule has 0 fully saturated rings. The van der Waals surface area contributed by atoms with Crippen LogP contribution in [0.2, 0.25) is 20.1 Å². The quantitative estimate of drug-likeness (QED) is 0.377. The number of hydrogen-bond donors (Lipinski definition) is 2. The third-order valence-electron chi connectivity index (χ3n) is 4.11. The van der Waals surface area contributed by atoms with Gasteiger partial charge in [0.2, 0.25) is 0 Å². The van der Waals surface area contributed by atoms with E-state index in [1.54, 1.807) is 0 Å². The van der Waals surface area contributed by atoms with Crippen molar-refractivity contribution in [3.8, 4) is 5.75 Å². The lowest BCUT2D eigenvalue weighted by atomic mass is 10.3. The van der Waals surface area contributed by atoms with E-state index < -0.39 is 20.0 Å². The molecule has 0 radical (unpaired) electrons. The highest BCUT2D eigenvalue weighted by atomic mass is 35.5. The van der Waals surface area contributed by atoms with Crippen LogP contribution in [-0.4, -0.2) is 23.9 Å². The first-order valence-corrected chi connectivity index (χ1v) is 13.0. The summed E-state index contributed by atoms with van der Waals surface area (Å²) >= 11 is 23.9. The van der Waals surface area contributed by atoms with E-state index in [-0.39, 0.29) is 42.0 Å². The van der Waals surface area contributed by atoms with Crippen LogP contribution in [-0.2, 0) is 20.0 Å². The summed E-state index contributed by atoms with van der Waals surface area (Å²) in [5.74, 6) is 0.221. The zero-order valence-electron chi connectivity index (χ0n) is 16.1. The van der Waals surface area contributed by atoms with Crippen molar-refractivity contribution in [3.63, 3.8) is 0 Å². The molecule has 3 rings (SSSR count). The van der Waals surface area contributed by atoms with E-state index in [2.05, 4.69) is 9.44 Å². The van der Waals surface area contributed by atoms with E-state index in [1.807, 2.05) is 0 Å². The van der Waals surface area contributed by atoms with Gasteiger partial charge in [0, 0.05) is 10.7 Å². The number of sulfonamides is 2. The monoisotopic (exact) mass is 554 g/mol. The normalized spacial score (nSPS) is 11.8. The van der Waals surface area contributed by atoms with Gasteiger partial charge in [-0.1, -0.05) is 46.4 Å². The summed E-state index contributed by atoms with van der Waals surface area (Å²) in [5.41, 5.74) is 0.253. The van der Waals surface area contributed by atoms with Gasteiger partial charge >= 0.3 is 0 Å². The first kappa shape index (κ1) is 24.8. The van der Waals surface area contributed by atoms with Crippen molar-refractivity contribution in [1.82, 2.24) is 0 Å². The highest BCUT2D eigenvalue weighted by Gasteiger charge is 2.23. The molecule has 3 aromatic rings. The summed E-state index contributed by atoms with van der Waals surface area (Å²) in [4.78, 5) is -0.377. The second kappa shape index (κ2) is 9.54. The molecule has 3 aromatic carbocycles. The molecule has 0 aliphatic carbocycles. The molecule has 7 nitrogen and oxygen atoms in total. The van der Waals surface area contributed by atoms with Crippen LogP contribution in [0, 0.1) is 0 Å². The van der Waals surface area contributed by atoms with Crippen molar-refractivity contribution >= 4 is 77.8 Å². The summed E-state index contributed by atoms with van der Waals surface area (Å²) in [7, 11) is -6.73. The average molecular weight is 556 g/mol. The zero-order valence-corrected chi connectivity index (χ0v) is 20.7. The van der Waals surface area contributed by atoms with Crippen molar-refractivity contribution < 1.29 is 21.6 Å². The van der Waals surface area contributed by atoms with Crippen molar-refractivity contribution in [3.05, 3.63) is 74.7 Å². The molecular formula is C19H14Cl4N2O5S2. The summed E-state index contributed by atoms with van der Waals surface area (Å²) in [6.45, 7) is 0. The Morgan fingerprint density at radius 3 is 2.00 bits per heavy atom. The number of benzene rings is 3. The van der Waals surface area contributed by atoms with E-state index >= 15 is 0 Å². The number of anilines is 2. The van der Waals surface area contributed by atoms with Gasteiger partial charge in [0.1, 0.15) is 15.7 Å². The van der Waals surface area contributed by atoms with Crippen LogP contribution in [0.15, 0.2) is 64.4 Å². The molecule has 0 aliphatic rings. The Morgan fingerprint density at radius 1 is 0.750 bits per heavy atom. The third-order valence-corrected chi connectivity index (χ3v) is 8.44. The van der Waals surface area contributed by atoms with Crippen LogP contribution in [0.4, 0.5) is 11.4 Å². The Kier molecular flexibility index (Phi) is 7.38. The van der Waals surface area contributed by atoms with E-state index in [0.717, 1.165) is 0 Å². The number of rotatable bonds is 7. The van der Waals surface area contributed by atoms with Gasteiger partial charge in [0.25, 0.3) is 20.0 Å². The minimum atomic E-state index is -4.12. The maximum absolute atomic E-state index is 12.7. The molecule has 0 heterocycles. The van der Waals surface area contributed by atoms with Gasteiger partial charge in [-0.05, 0) is 54.6 Å². The second-order valence-electron chi connectivity index (χ2n) is 6.25. The van der Waals surface area contributed by atoms with Gasteiger partial charge in [-0.15, -0.1) is 0 Å². The van der Waals surface area contributed by atoms with Gasteiger partial charge in [0.05, 0.1) is 27.7 Å². The molecular weight excluding hydrogens is 542 g/mol. The topological polar surface area (TPSA) is 102 Å². The van der Waals surface area contributed by atoms with E-state index in [0.29, 0.717) is 5.02 Å². The number of hydrogen-bond acceptors (Lipinski definition) is 5. The largest absolute Gasteiger partial charge is 0.495 e. The Bertz CT molecular complexity index is 1380. The Morgan fingerprint density at radius 2 is 1.41 bits per heavy atom. The molecule has 0 unspecified atom stereocenters. The first-order chi connectivity index (χ1) is 14.9. The molecule has 13 heteroatoms. The van der Waals surface area contributed by atoms with E-state index in [4.69, 9.17) is 51.1 Å². The van der Waals surface area contributed by atoms with Crippen molar-refractivity contribution in [2.75, 3.05) is 16.6 Å². The van der Waals surface area contributed by atoms with E-state index in [9.17, 15) is 16.8 Å². The lowest BCUT2D eigenvalue weighted by Gasteiger charge is -2.13. The van der Waals surface area contributed by atoms with Crippen LogP contribution in [0.5, 0.6) is 5.75 Å². The van der Waals surface area contributed by atoms with Crippen LogP contribution in [0.25, 0.3) is 0 Å². The van der Waals surface area contributed by atoms with Crippen LogP contribution < -0.4 is 14.2 Å². The number of methoxy groups -OCH3 is 1. The van der Waals surface area contributed by atoms with Crippen LogP contribution in [0.1, 0.15) is 0 Å². The van der Waals surface area contributed by atoms with Gasteiger partial charge in [-0.3, -0.25) is 9.44 Å². The summed E-state index contributed by atoms with van der Waals surface area (Å²) in [5, 5.41) is 0.223. The minimum absolute atomic E-state index is 0.0505. The molecule has 2 N–H and O–H groups in total. The van der Waals surface area contributed by atoms with Gasteiger partial charge in [0.15, 0.2) is 0 Å². The first-order valence-electron chi connectivity index (χ1n) is 8.57. The lowest BCUT2D eigenvalue weighted by Crippen LogP contribution is -2.15. The molecule has 0 spiro atoms. The molecule has 0 atom stereocenters. The molecule has 0 aromatic heterocycles. The van der Waals surface area contributed by atoms with Crippen LogP contribution >= 0.6 is 46.4 Å². The predicted octanol–water partition coefficient (Wildman–Crippen LogP) is 5.91. The van der Waals surface area contributed by atoms with Crippen molar-refractivity contribution in [1.29, 1.82) is 0 Å². The van der Waals surface area contributed by atoms with Crippen molar-refractivity contribution in [2.24, 2.45) is 0 Å². The van der Waals surface area contributed by atoms with Crippen molar-refractivity contribution in [2.45, 2.75) is 9.79 Å². The fraction of sp³-hybridized carbons (Fsp3) is 0.0526. The number of ether oxygens (including phenoxy) is 1. The molecule has 32 heavy (non-hydrogen) atoms. The molecule has 170 valence electrons. The standard InChI is InChI=1S/C19H14Cl4N2O5S2/c1-30-16-8-9-17(19(23)18(16)22)32(28,29)24-12-3-5-13(6-4-12)31(26,27)25-15-7-2-11(20)10-14(15)21/h2-10,24-25H,1H3. The third kappa shape index (κ3) is 5.36. The van der Waals surface area contributed by atoms with E-state index in [1.165, 1.54) is 61.7 Å². The maximum Gasteiger partial charge on any atom is 0.263 e. The zero-order chi connectivity index (χ0) is 23.7. The number of nitrogens with one attached hydrogen (secondary N) is 2. The van der Waals surface area contributed by atoms with Gasteiger partial charge in [-0.25, -0.2) is 16.8 Å². The minimum Gasteiger partial charge on any atom is -0.495 e. The Balaban J connectivity index is 1.83. The fourth-order valence-electron chi connectivity index (χ4n) is 2.57. The Labute approximate surface area is 205 Å². The highest BCUT2D eigenvalue weighted by Crippen LogP contribution is 2.37. The Hall–Kier alpha value is -1.88. The predicted molar refractivity (Wildman–Crippen MR) is 128 cm³/mol. The second-order valence-corrected chi connectivity index (χ2v) is 11.2. The molecule has 0 saturated heterocycles. The summed E-state index contributed by atoms with van der Waals surface area (Å²) in [6.07, 6.45) is 0. The molecule has 0 aliphatic heterocycles. The lowest BCUT2D eigenvalue weighted by molar-refractivity contribution is 0.414. The SMILES string of the molecule is COc1ccc(S(=O)(=O)Nc2ccc(S(=O)(=O)Nc3ccc(Cl)cc3Cl)cc2)c(Cl)c1Cl. The molecule has 0 saturated carbocycles. The van der Waals surface area contributed by atoms with Gasteiger partial charge < -0.3 is 4.74 Å². The fourth-order valence-corrected chi connectivity index (χ4v) is 6.06. The molecule has 0 amide bonds. The summed E-state index contributed by atoms with van der Waals surface area (Å²) in [6, 6.07) is 12.0. The number of halogens is 4. The van der Waals surface area contributed by atoms with Gasteiger partial charge in [-0.2, -0.15) is 0 Å². The van der Waals surface area contributed by atoms with Crippen LogP contribution in [0.3, 0.4) is 0 Å². The smallest absolute Gasteiger partial charge is 0.263 e. The summed E-state index contributed by atoms with van der Waals surface area (Å²) < 4.78 is 60.3. The highest BCUT2D eigenvalue weighted by molar-refractivity contribution is 7.93.